The van der Waals surface area contributed by atoms with Crippen LogP contribution in [-0.4, -0.2) is 19.9 Å². The van der Waals surface area contributed by atoms with Gasteiger partial charge in [0.2, 0.25) is 0 Å². The maximum Gasteiger partial charge on any atom is 0.267 e. The van der Waals surface area contributed by atoms with Gasteiger partial charge in [-0.25, -0.2) is 4.98 Å². The summed E-state index contributed by atoms with van der Waals surface area (Å²) in [6.07, 6.45) is 1.64. The van der Waals surface area contributed by atoms with Gasteiger partial charge in [-0.15, -0.1) is 0 Å². The first-order valence-corrected chi connectivity index (χ1v) is 9.34. The second kappa shape index (κ2) is 7.18. The molecule has 0 atom stereocenters. The molecule has 0 aliphatic carbocycles. The number of fused-ring (bicyclic) bond motifs is 2. The zero-order valence-electron chi connectivity index (χ0n) is 15.9. The van der Waals surface area contributed by atoms with E-state index in [1.165, 1.54) is 15.0 Å². The lowest BCUT2D eigenvalue weighted by molar-refractivity contribution is 0.0948. The molecule has 4 aromatic rings. The predicted molar refractivity (Wildman–Crippen MR) is 111 cm³/mol. The summed E-state index contributed by atoms with van der Waals surface area (Å²) in [6.45, 7) is 2.08. The Hall–Kier alpha value is -3.45. The molecule has 7 nitrogen and oxygen atoms in total. The van der Waals surface area contributed by atoms with Gasteiger partial charge in [-0.1, -0.05) is 35.9 Å². The summed E-state index contributed by atoms with van der Waals surface area (Å²) in [7, 11) is 1.62. The highest BCUT2D eigenvalue weighted by atomic mass is 35.5. The second-order valence-electron chi connectivity index (χ2n) is 6.78. The summed E-state index contributed by atoms with van der Waals surface area (Å²) in [5.41, 5.74) is 2.27. The van der Waals surface area contributed by atoms with Gasteiger partial charge in [-0.05, 0) is 36.2 Å². The van der Waals surface area contributed by atoms with Gasteiger partial charge in [0.1, 0.15) is 16.8 Å². The average Bonchev–Trinajstić information content (AvgIpc) is 2.71. The number of carbonyl (C=O) groups excluding carboxylic acids is 1. The fraction of sp³-hybridized carbons (Fsp3) is 0.143. The third-order valence-electron chi connectivity index (χ3n) is 4.90. The van der Waals surface area contributed by atoms with Crippen molar-refractivity contribution < 1.29 is 4.79 Å². The molecular weight excluding hydrogens is 390 g/mol. The third-order valence-corrected chi connectivity index (χ3v) is 5.27. The third kappa shape index (κ3) is 3.19. The summed E-state index contributed by atoms with van der Waals surface area (Å²) < 4.78 is 2.90. The summed E-state index contributed by atoms with van der Waals surface area (Å²) in [5.74, 6) is -0.457. The summed E-state index contributed by atoms with van der Waals surface area (Å²) in [6, 6.07) is 12.3. The van der Waals surface area contributed by atoms with E-state index < -0.39 is 5.91 Å². The highest BCUT2D eigenvalue weighted by Gasteiger charge is 2.16. The SMILES string of the molecule is Cc1cccn2c(=O)c3cc(C(=O)NCc4ccccc4Cl)c(=N)n(C)c3nc12. The molecule has 0 saturated carbocycles. The van der Waals surface area contributed by atoms with E-state index in [2.05, 4.69) is 10.3 Å². The number of hydrogen-bond donors (Lipinski definition) is 2. The summed E-state index contributed by atoms with van der Waals surface area (Å²) in [5, 5.41) is 12.0. The van der Waals surface area contributed by atoms with Crippen LogP contribution in [0.5, 0.6) is 0 Å². The van der Waals surface area contributed by atoms with Crippen LogP contribution in [-0.2, 0) is 13.6 Å². The van der Waals surface area contributed by atoms with E-state index in [4.69, 9.17) is 17.0 Å². The molecule has 0 fully saturated rings. The van der Waals surface area contributed by atoms with Gasteiger partial charge < -0.3 is 9.88 Å². The Kier molecular flexibility index (Phi) is 4.68. The molecule has 0 unspecified atom stereocenters. The van der Waals surface area contributed by atoms with Crippen LogP contribution in [0.4, 0.5) is 0 Å². The van der Waals surface area contributed by atoms with E-state index in [0.717, 1.165) is 11.1 Å². The second-order valence-corrected chi connectivity index (χ2v) is 7.19. The lowest BCUT2D eigenvalue weighted by Crippen LogP contribution is -2.33. The Morgan fingerprint density at radius 3 is 2.72 bits per heavy atom. The Bertz CT molecular complexity index is 1400. The van der Waals surface area contributed by atoms with Crippen molar-refractivity contribution >= 4 is 34.2 Å². The standard InChI is InChI=1S/C21H18ClN5O2/c1-12-6-5-9-27-18(12)25-19-15(21(27)29)10-14(17(23)26(19)2)20(28)24-11-13-7-3-4-8-16(13)22/h3-10,23H,11H2,1-2H3,(H,24,28). The minimum atomic E-state index is -0.457. The van der Waals surface area contributed by atoms with Crippen LogP contribution in [0, 0.1) is 12.3 Å². The van der Waals surface area contributed by atoms with Gasteiger partial charge in [-0.3, -0.25) is 19.4 Å². The maximum atomic E-state index is 13.0. The van der Waals surface area contributed by atoms with E-state index >= 15 is 0 Å². The van der Waals surface area contributed by atoms with Gasteiger partial charge in [0.05, 0.1) is 10.9 Å². The van der Waals surface area contributed by atoms with Crippen LogP contribution in [0.15, 0.2) is 53.5 Å². The molecule has 0 radical (unpaired) electrons. The lowest BCUT2D eigenvalue weighted by atomic mass is 10.1. The maximum absolute atomic E-state index is 13.0. The quantitative estimate of drug-likeness (QED) is 0.511. The Morgan fingerprint density at radius 1 is 1.21 bits per heavy atom. The number of rotatable bonds is 3. The molecule has 1 aromatic carbocycles. The van der Waals surface area contributed by atoms with E-state index in [1.54, 1.807) is 25.4 Å². The van der Waals surface area contributed by atoms with Gasteiger partial charge in [0.25, 0.3) is 11.5 Å². The number of aryl methyl sites for hydroxylation is 2. The number of hydrogen-bond acceptors (Lipinski definition) is 4. The molecule has 0 bridgehead atoms. The normalized spacial score (nSPS) is 11.1. The molecular formula is C21H18ClN5O2. The highest BCUT2D eigenvalue weighted by Crippen LogP contribution is 2.15. The van der Waals surface area contributed by atoms with Crippen LogP contribution in [0.1, 0.15) is 21.5 Å². The van der Waals surface area contributed by atoms with Crippen molar-refractivity contribution in [3.8, 4) is 0 Å². The van der Waals surface area contributed by atoms with E-state index in [1.807, 2.05) is 31.2 Å². The van der Waals surface area contributed by atoms with E-state index in [-0.39, 0.29) is 28.5 Å². The van der Waals surface area contributed by atoms with Crippen LogP contribution < -0.4 is 16.4 Å². The van der Waals surface area contributed by atoms with Gasteiger partial charge in [0, 0.05) is 24.8 Å². The van der Waals surface area contributed by atoms with Crippen molar-refractivity contribution in [1.82, 2.24) is 19.3 Å². The fourth-order valence-corrected chi connectivity index (χ4v) is 3.47. The van der Waals surface area contributed by atoms with Crippen LogP contribution in [0.25, 0.3) is 16.7 Å². The number of pyridine rings is 2. The Balaban J connectivity index is 1.82. The molecule has 3 heterocycles. The largest absolute Gasteiger partial charge is 0.348 e. The number of amides is 1. The number of carbonyl (C=O) groups is 1. The topological polar surface area (TPSA) is 92.3 Å². The highest BCUT2D eigenvalue weighted by molar-refractivity contribution is 6.31. The lowest BCUT2D eigenvalue weighted by Gasteiger charge is -2.12. The van der Waals surface area contributed by atoms with Gasteiger partial charge >= 0.3 is 0 Å². The average molecular weight is 408 g/mol. The van der Waals surface area contributed by atoms with Gasteiger partial charge in [0.15, 0.2) is 0 Å². The van der Waals surface area contributed by atoms with Crippen molar-refractivity contribution in [2.45, 2.75) is 13.5 Å². The van der Waals surface area contributed by atoms with Gasteiger partial charge in [-0.2, -0.15) is 0 Å². The fourth-order valence-electron chi connectivity index (χ4n) is 3.27. The molecule has 146 valence electrons. The molecule has 1 amide bonds. The summed E-state index contributed by atoms with van der Waals surface area (Å²) >= 11 is 6.13. The number of benzene rings is 1. The smallest absolute Gasteiger partial charge is 0.267 e. The minimum Gasteiger partial charge on any atom is -0.348 e. The number of nitrogens with one attached hydrogen (secondary N) is 2. The first-order chi connectivity index (χ1) is 13.9. The van der Waals surface area contributed by atoms with Crippen LogP contribution >= 0.6 is 11.6 Å². The molecule has 8 heteroatoms. The first kappa shape index (κ1) is 18.9. The Morgan fingerprint density at radius 2 is 1.97 bits per heavy atom. The number of nitrogens with zero attached hydrogens (tertiary/aromatic N) is 3. The first-order valence-electron chi connectivity index (χ1n) is 8.96. The zero-order chi connectivity index (χ0) is 20.7. The monoisotopic (exact) mass is 407 g/mol. The number of halogens is 1. The van der Waals surface area contributed by atoms with Crippen molar-refractivity contribution in [3.05, 3.63) is 86.2 Å². The zero-order valence-corrected chi connectivity index (χ0v) is 16.6. The molecule has 3 aromatic heterocycles. The van der Waals surface area contributed by atoms with E-state index in [9.17, 15) is 9.59 Å². The molecule has 0 aliphatic rings. The van der Waals surface area contributed by atoms with Crippen molar-refractivity contribution in [2.24, 2.45) is 7.05 Å². The molecule has 0 spiro atoms. The molecule has 0 saturated heterocycles. The van der Waals surface area contributed by atoms with E-state index in [0.29, 0.717) is 16.3 Å². The molecule has 0 aliphatic heterocycles. The van der Waals surface area contributed by atoms with Crippen molar-refractivity contribution in [2.75, 3.05) is 0 Å². The van der Waals surface area contributed by atoms with Crippen LogP contribution in [0.2, 0.25) is 5.02 Å². The Labute approximate surface area is 170 Å². The predicted octanol–water partition coefficient (Wildman–Crippen LogP) is 2.56. The molecule has 2 N–H and O–H groups in total. The minimum absolute atomic E-state index is 0.0287. The number of aromatic nitrogens is 3. The van der Waals surface area contributed by atoms with Crippen molar-refractivity contribution in [1.29, 1.82) is 5.41 Å². The molecule has 29 heavy (non-hydrogen) atoms. The summed E-state index contributed by atoms with van der Waals surface area (Å²) in [4.78, 5) is 30.3. The van der Waals surface area contributed by atoms with Crippen LogP contribution in [0.3, 0.4) is 0 Å². The molecule has 4 rings (SSSR count). The van der Waals surface area contributed by atoms with Crippen molar-refractivity contribution in [3.63, 3.8) is 0 Å².